The first-order chi connectivity index (χ1) is 8.34. The van der Waals surface area contributed by atoms with E-state index in [4.69, 9.17) is 0 Å². The van der Waals surface area contributed by atoms with Gasteiger partial charge in [-0.3, -0.25) is 0 Å². The van der Waals surface area contributed by atoms with Gasteiger partial charge in [0.05, 0.1) is 0 Å². The van der Waals surface area contributed by atoms with Crippen molar-refractivity contribution in [2.75, 3.05) is 5.32 Å². The summed E-state index contributed by atoms with van der Waals surface area (Å²) < 4.78 is 0. The number of para-hydroxylation sites is 1. The Kier molecular flexibility index (Phi) is 4.66. The number of allylic oxidation sites excluding steroid dienone is 1. The summed E-state index contributed by atoms with van der Waals surface area (Å²) in [5, 5.41) is 3.49. The van der Waals surface area contributed by atoms with Gasteiger partial charge in [-0.25, -0.2) is 0 Å². The van der Waals surface area contributed by atoms with Crippen LogP contribution in [-0.2, 0) is 0 Å². The average molecular weight is 229 g/mol. The quantitative estimate of drug-likeness (QED) is 0.743. The van der Waals surface area contributed by atoms with Gasteiger partial charge in [0.1, 0.15) is 0 Å². The van der Waals surface area contributed by atoms with Crippen molar-refractivity contribution in [3.8, 4) is 0 Å². The fraction of sp³-hybridized carbons (Fsp3) is 0.500. The van der Waals surface area contributed by atoms with Crippen molar-refractivity contribution < 1.29 is 0 Å². The first-order valence-corrected chi connectivity index (χ1v) is 6.84. The first-order valence-electron chi connectivity index (χ1n) is 6.84. The van der Waals surface area contributed by atoms with E-state index in [0.717, 1.165) is 5.92 Å². The lowest BCUT2D eigenvalue weighted by Gasteiger charge is -2.19. The van der Waals surface area contributed by atoms with Crippen LogP contribution in [0.5, 0.6) is 0 Å². The first kappa shape index (κ1) is 12.2. The lowest BCUT2D eigenvalue weighted by molar-refractivity contribution is 0.418. The Labute approximate surface area is 105 Å². The Bertz CT molecular complexity index is 336. The van der Waals surface area contributed by atoms with Gasteiger partial charge >= 0.3 is 0 Å². The minimum Gasteiger partial charge on any atom is -0.379 e. The van der Waals surface area contributed by atoms with Gasteiger partial charge in [0.15, 0.2) is 0 Å². The van der Waals surface area contributed by atoms with E-state index in [0.29, 0.717) is 6.04 Å². The third-order valence-corrected chi connectivity index (χ3v) is 3.49. The van der Waals surface area contributed by atoms with Crippen LogP contribution in [-0.4, -0.2) is 6.04 Å². The van der Waals surface area contributed by atoms with Crippen LogP contribution in [0.2, 0.25) is 0 Å². The number of benzene rings is 1. The Morgan fingerprint density at radius 1 is 1.12 bits per heavy atom. The van der Waals surface area contributed by atoms with Crippen LogP contribution >= 0.6 is 0 Å². The molecule has 0 amide bonds. The second-order valence-corrected chi connectivity index (χ2v) is 5.08. The van der Waals surface area contributed by atoms with E-state index in [1.54, 1.807) is 0 Å². The molecule has 1 aromatic rings. The van der Waals surface area contributed by atoms with Crippen LogP contribution in [0.15, 0.2) is 42.5 Å². The molecule has 0 saturated heterocycles. The lowest BCUT2D eigenvalue weighted by atomic mass is 9.89. The molecule has 92 valence electrons. The number of hydrogen-bond donors (Lipinski definition) is 1. The smallest absolute Gasteiger partial charge is 0.0416 e. The van der Waals surface area contributed by atoms with Gasteiger partial charge in [-0.2, -0.15) is 0 Å². The van der Waals surface area contributed by atoms with E-state index in [1.165, 1.54) is 37.8 Å². The minimum atomic E-state index is 0.416. The second-order valence-electron chi connectivity index (χ2n) is 5.08. The van der Waals surface area contributed by atoms with Crippen molar-refractivity contribution >= 4 is 5.69 Å². The molecule has 1 heteroatoms. The summed E-state index contributed by atoms with van der Waals surface area (Å²) in [6.07, 6.45) is 11.8. The summed E-state index contributed by atoms with van der Waals surface area (Å²) in [6, 6.07) is 10.8. The molecule has 1 atom stereocenters. The minimum absolute atomic E-state index is 0.416. The maximum Gasteiger partial charge on any atom is 0.0416 e. The Balaban J connectivity index is 1.80. The summed E-state index contributed by atoms with van der Waals surface area (Å²) in [5.74, 6) is 0.823. The molecular formula is C16H23N. The maximum atomic E-state index is 3.49. The van der Waals surface area contributed by atoms with E-state index in [2.05, 4.69) is 48.7 Å². The third kappa shape index (κ3) is 4.26. The van der Waals surface area contributed by atoms with E-state index < -0.39 is 0 Å². The fourth-order valence-corrected chi connectivity index (χ4v) is 2.50. The van der Waals surface area contributed by atoms with Crippen molar-refractivity contribution in [3.05, 3.63) is 42.5 Å². The van der Waals surface area contributed by atoms with Crippen LogP contribution < -0.4 is 5.32 Å². The molecule has 0 aromatic heterocycles. The van der Waals surface area contributed by atoms with Crippen molar-refractivity contribution in [3.63, 3.8) is 0 Å². The van der Waals surface area contributed by atoms with Crippen LogP contribution in [0.1, 0.15) is 39.0 Å². The molecule has 1 fully saturated rings. The molecule has 17 heavy (non-hydrogen) atoms. The summed E-state index contributed by atoms with van der Waals surface area (Å²) >= 11 is 0. The fourth-order valence-electron chi connectivity index (χ4n) is 2.50. The van der Waals surface area contributed by atoms with Gasteiger partial charge in [0.2, 0.25) is 0 Å². The monoisotopic (exact) mass is 229 g/mol. The lowest BCUT2D eigenvalue weighted by Crippen LogP contribution is -2.12. The highest BCUT2D eigenvalue weighted by Crippen LogP contribution is 2.24. The SMILES string of the molecule is C[C@@H](/C=C/C1CCCCC1)Nc1ccccc1. The zero-order chi connectivity index (χ0) is 11.9. The molecular weight excluding hydrogens is 206 g/mol. The molecule has 0 bridgehead atoms. The zero-order valence-corrected chi connectivity index (χ0v) is 10.7. The molecule has 1 aliphatic carbocycles. The largest absolute Gasteiger partial charge is 0.379 e. The van der Waals surface area contributed by atoms with E-state index in [1.807, 2.05) is 6.07 Å². The number of nitrogens with one attached hydrogen (secondary N) is 1. The standard InChI is InChI=1S/C16H23N/c1-14(17-16-10-6-3-7-11-16)12-13-15-8-4-2-5-9-15/h3,6-7,10-15,17H,2,4-5,8-9H2,1H3/b13-12+/t14-/m0/s1. The molecule has 0 heterocycles. The van der Waals surface area contributed by atoms with Crippen LogP contribution in [0.25, 0.3) is 0 Å². The number of anilines is 1. The van der Waals surface area contributed by atoms with Gasteiger partial charge in [0, 0.05) is 11.7 Å². The molecule has 2 rings (SSSR count). The molecule has 1 aliphatic rings. The van der Waals surface area contributed by atoms with Crippen LogP contribution in [0.3, 0.4) is 0 Å². The topological polar surface area (TPSA) is 12.0 Å². The van der Waals surface area contributed by atoms with Crippen molar-refractivity contribution in [1.82, 2.24) is 0 Å². The van der Waals surface area contributed by atoms with Crippen LogP contribution in [0.4, 0.5) is 5.69 Å². The molecule has 0 spiro atoms. The van der Waals surface area contributed by atoms with Crippen LogP contribution in [0, 0.1) is 5.92 Å². The Morgan fingerprint density at radius 3 is 2.53 bits per heavy atom. The van der Waals surface area contributed by atoms with Crippen molar-refractivity contribution in [2.45, 2.75) is 45.1 Å². The molecule has 1 N–H and O–H groups in total. The predicted molar refractivity (Wildman–Crippen MR) is 75.2 cm³/mol. The van der Waals surface area contributed by atoms with Crippen molar-refractivity contribution in [2.24, 2.45) is 5.92 Å². The molecule has 1 nitrogen and oxygen atoms in total. The zero-order valence-electron chi connectivity index (χ0n) is 10.7. The predicted octanol–water partition coefficient (Wildman–Crippen LogP) is 4.62. The Morgan fingerprint density at radius 2 is 1.82 bits per heavy atom. The van der Waals surface area contributed by atoms with Gasteiger partial charge in [-0.1, -0.05) is 49.6 Å². The molecule has 1 saturated carbocycles. The van der Waals surface area contributed by atoms with Gasteiger partial charge < -0.3 is 5.32 Å². The normalized spacial score (nSPS) is 19.4. The highest BCUT2D eigenvalue weighted by Gasteiger charge is 2.10. The van der Waals surface area contributed by atoms with Crippen molar-refractivity contribution in [1.29, 1.82) is 0 Å². The summed E-state index contributed by atoms with van der Waals surface area (Å²) in [5.41, 5.74) is 1.20. The molecule has 0 aliphatic heterocycles. The second kappa shape index (κ2) is 6.48. The summed E-state index contributed by atoms with van der Waals surface area (Å²) in [6.45, 7) is 2.21. The summed E-state index contributed by atoms with van der Waals surface area (Å²) in [4.78, 5) is 0. The van der Waals surface area contributed by atoms with E-state index in [9.17, 15) is 0 Å². The van der Waals surface area contributed by atoms with Gasteiger partial charge in [-0.05, 0) is 37.8 Å². The molecule has 1 aromatic carbocycles. The summed E-state index contributed by atoms with van der Waals surface area (Å²) in [7, 11) is 0. The van der Waals surface area contributed by atoms with E-state index >= 15 is 0 Å². The highest BCUT2D eigenvalue weighted by atomic mass is 14.9. The highest BCUT2D eigenvalue weighted by molar-refractivity contribution is 5.44. The molecule has 0 radical (unpaired) electrons. The molecule has 0 unspecified atom stereocenters. The number of rotatable bonds is 4. The van der Waals surface area contributed by atoms with E-state index in [-0.39, 0.29) is 0 Å². The van der Waals surface area contributed by atoms with Gasteiger partial charge in [0.25, 0.3) is 0 Å². The maximum absolute atomic E-state index is 3.49. The third-order valence-electron chi connectivity index (χ3n) is 3.49. The number of hydrogen-bond acceptors (Lipinski definition) is 1. The average Bonchev–Trinajstić information content (AvgIpc) is 2.39. The Hall–Kier alpha value is -1.24. The van der Waals surface area contributed by atoms with Gasteiger partial charge in [-0.15, -0.1) is 0 Å².